The molecule has 0 radical (unpaired) electrons. The molecule has 0 saturated carbocycles. The van der Waals surface area contributed by atoms with Gasteiger partial charge in [0.2, 0.25) is 0 Å². The van der Waals surface area contributed by atoms with Gasteiger partial charge in [0.15, 0.2) is 0 Å². The topological polar surface area (TPSA) is 38.0 Å². The minimum Gasteiger partial charge on any atom is -0.271 e. The Labute approximate surface area is 130 Å². The number of hydrogen-bond donors (Lipinski definition) is 2. The summed E-state index contributed by atoms with van der Waals surface area (Å²) in [7, 11) is 0. The van der Waals surface area contributed by atoms with Gasteiger partial charge in [-0.05, 0) is 53.3 Å². The fraction of sp³-hybridized carbons (Fsp3) is 0.143. The van der Waals surface area contributed by atoms with Crippen molar-refractivity contribution in [3.63, 3.8) is 0 Å². The van der Waals surface area contributed by atoms with Crippen LogP contribution >= 0.6 is 34.2 Å². The second kappa shape index (κ2) is 6.17. The molecule has 0 aliphatic carbocycles. The van der Waals surface area contributed by atoms with Gasteiger partial charge < -0.3 is 0 Å². The molecule has 2 nitrogen and oxygen atoms in total. The summed E-state index contributed by atoms with van der Waals surface area (Å²) in [4.78, 5) is 0. The smallest absolute Gasteiger partial charge is 0.128 e. The van der Waals surface area contributed by atoms with Gasteiger partial charge in [-0.25, -0.2) is 9.82 Å². The summed E-state index contributed by atoms with van der Waals surface area (Å²) in [5.41, 5.74) is 4.97. The van der Waals surface area contributed by atoms with Crippen molar-refractivity contribution in [3.05, 3.63) is 67.5 Å². The molecule has 0 bridgehead atoms. The van der Waals surface area contributed by atoms with Crippen LogP contribution in [0.25, 0.3) is 0 Å². The van der Waals surface area contributed by atoms with E-state index < -0.39 is 6.04 Å². The summed E-state index contributed by atoms with van der Waals surface area (Å²) in [6.45, 7) is 1.91. The number of aryl methyl sites for hydroxylation is 1. The van der Waals surface area contributed by atoms with Gasteiger partial charge in [-0.3, -0.25) is 5.84 Å². The Hall–Kier alpha value is -0.690. The molecule has 100 valence electrons. The van der Waals surface area contributed by atoms with Gasteiger partial charge in [-0.2, -0.15) is 0 Å². The van der Waals surface area contributed by atoms with Crippen LogP contribution in [0.5, 0.6) is 0 Å². The lowest BCUT2D eigenvalue weighted by Crippen LogP contribution is -2.29. The summed E-state index contributed by atoms with van der Waals surface area (Å²) < 4.78 is 14.9. The molecular formula is C14H13ClFIN2. The fourth-order valence-corrected chi connectivity index (χ4v) is 2.47. The maximum atomic E-state index is 13.9. The molecule has 2 aromatic carbocycles. The maximum absolute atomic E-state index is 13.9. The lowest BCUT2D eigenvalue weighted by molar-refractivity contribution is 0.559. The van der Waals surface area contributed by atoms with E-state index in [0.29, 0.717) is 10.6 Å². The molecule has 0 aliphatic rings. The monoisotopic (exact) mass is 390 g/mol. The first-order valence-corrected chi connectivity index (χ1v) is 7.15. The van der Waals surface area contributed by atoms with Gasteiger partial charge in [0, 0.05) is 9.13 Å². The van der Waals surface area contributed by atoms with E-state index in [1.165, 1.54) is 6.07 Å². The van der Waals surface area contributed by atoms with Crippen LogP contribution in [0.15, 0.2) is 36.4 Å². The van der Waals surface area contributed by atoms with E-state index in [4.69, 9.17) is 17.4 Å². The lowest BCUT2D eigenvalue weighted by Gasteiger charge is -2.18. The number of nitrogens with two attached hydrogens (primary N) is 1. The van der Waals surface area contributed by atoms with Crippen LogP contribution in [0.4, 0.5) is 4.39 Å². The summed E-state index contributed by atoms with van der Waals surface area (Å²) in [6, 6.07) is 10.1. The fourth-order valence-electron chi connectivity index (χ4n) is 1.94. The molecule has 0 aliphatic heterocycles. The molecule has 0 heterocycles. The molecule has 0 fully saturated rings. The van der Waals surface area contributed by atoms with Crippen LogP contribution in [0.3, 0.4) is 0 Å². The number of nitrogens with one attached hydrogen (secondary N) is 1. The molecule has 1 unspecified atom stereocenters. The molecule has 5 heteroatoms. The van der Waals surface area contributed by atoms with Crippen LogP contribution in [0, 0.1) is 16.3 Å². The van der Waals surface area contributed by atoms with E-state index in [9.17, 15) is 4.39 Å². The Morgan fingerprint density at radius 2 is 2.00 bits per heavy atom. The van der Waals surface area contributed by atoms with Crippen LogP contribution in [0.2, 0.25) is 5.02 Å². The molecule has 19 heavy (non-hydrogen) atoms. The van der Waals surface area contributed by atoms with Crippen LogP contribution in [-0.2, 0) is 0 Å². The molecule has 0 amide bonds. The van der Waals surface area contributed by atoms with E-state index in [-0.39, 0.29) is 5.82 Å². The normalized spacial score (nSPS) is 12.5. The summed E-state index contributed by atoms with van der Waals surface area (Å²) in [5, 5.41) is 0.631. The number of benzene rings is 2. The molecule has 0 saturated heterocycles. The van der Waals surface area contributed by atoms with Gasteiger partial charge in [-0.15, -0.1) is 0 Å². The average molecular weight is 391 g/mol. The number of halogens is 3. The van der Waals surface area contributed by atoms with Crippen LogP contribution in [-0.4, -0.2) is 0 Å². The van der Waals surface area contributed by atoms with Gasteiger partial charge in [-0.1, -0.05) is 35.4 Å². The maximum Gasteiger partial charge on any atom is 0.128 e. The standard InChI is InChI=1S/C14H13ClFIN2/c1-8-2-4-12(16)10(6-8)14(19-18)9-3-5-13(17)11(15)7-9/h2-7,14,19H,18H2,1H3. The number of rotatable bonds is 3. The van der Waals surface area contributed by atoms with E-state index in [1.54, 1.807) is 18.2 Å². The zero-order chi connectivity index (χ0) is 14.0. The third kappa shape index (κ3) is 3.25. The molecule has 0 spiro atoms. The van der Waals surface area contributed by atoms with Crippen LogP contribution < -0.4 is 11.3 Å². The van der Waals surface area contributed by atoms with Gasteiger partial charge in [0.25, 0.3) is 0 Å². The Morgan fingerprint density at radius 3 is 2.63 bits per heavy atom. The lowest BCUT2D eigenvalue weighted by atomic mass is 9.97. The van der Waals surface area contributed by atoms with Crippen molar-refractivity contribution in [2.75, 3.05) is 0 Å². The number of hydrazine groups is 1. The highest BCUT2D eigenvalue weighted by Crippen LogP contribution is 2.28. The largest absolute Gasteiger partial charge is 0.271 e. The molecule has 1 atom stereocenters. The molecule has 2 rings (SSSR count). The van der Waals surface area contributed by atoms with Crippen LogP contribution in [0.1, 0.15) is 22.7 Å². The predicted octanol–water partition coefficient (Wildman–Crippen LogP) is 3.94. The van der Waals surface area contributed by atoms with E-state index in [0.717, 1.165) is 14.7 Å². The SMILES string of the molecule is Cc1ccc(F)c(C(NN)c2ccc(I)c(Cl)c2)c1. The second-order valence-electron chi connectivity index (χ2n) is 4.30. The quantitative estimate of drug-likeness (QED) is 0.473. The van der Waals surface area contributed by atoms with Gasteiger partial charge in [0.05, 0.1) is 11.1 Å². The third-order valence-electron chi connectivity index (χ3n) is 2.91. The number of hydrogen-bond acceptors (Lipinski definition) is 2. The van der Waals surface area contributed by atoms with Crippen molar-refractivity contribution in [2.24, 2.45) is 5.84 Å². The van der Waals surface area contributed by atoms with Crippen molar-refractivity contribution in [1.29, 1.82) is 0 Å². The third-order valence-corrected chi connectivity index (χ3v) is 4.48. The Morgan fingerprint density at radius 1 is 1.26 bits per heavy atom. The van der Waals surface area contributed by atoms with Crippen molar-refractivity contribution < 1.29 is 4.39 Å². The zero-order valence-electron chi connectivity index (χ0n) is 10.3. The van der Waals surface area contributed by atoms with Crippen molar-refractivity contribution in [3.8, 4) is 0 Å². The highest BCUT2D eigenvalue weighted by Gasteiger charge is 2.17. The first-order chi connectivity index (χ1) is 9.02. The summed E-state index contributed by atoms with van der Waals surface area (Å²) in [6.07, 6.45) is 0. The molecule has 2 aromatic rings. The summed E-state index contributed by atoms with van der Waals surface area (Å²) in [5.74, 6) is 5.29. The van der Waals surface area contributed by atoms with E-state index in [1.807, 2.05) is 19.1 Å². The molecular weight excluding hydrogens is 378 g/mol. The van der Waals surface area contributed by atoms with Crippen molar-refractivity contribution in [1.82, 2.24) is 5.43 Å². The Balaban J connectivity index is 2.49. The minimum absolute atomic E-state index is 0.289. The summed E-state index contributed by atoms with van der Waals surface area (Å²) >= 11 is 8.25. The first kappa shape index (κ1) is 14.7. The highest BCUT2D eigenvalue weighted by atomic mass is 127. The predicted molar refractivity (Wildman–Crippen MR) is 84.5 cm³/mol. The van der Waals surface area contributed by atoms with E-state index >= 15 is 0 Å². The van der Waals surface area contributed by atoms with Gasteiger partial charge in [0.1, 0.15) is 5.82 Å². The van der Waals surface area contributed by atoms with Crippen molar-refractivity contribution >= 4 is 34.2 Å². The zero-order valence-corrected chi connectivity index (χ0v) is 13.2. The first-order valence-electron chi connectivity index (χ1n) is 5.70. The highest BCUT2D eigenvalue weighted by molar-refractivity contribution is 14.1. The minimum atomic E-state index is -0.422. The van der Waals surface area contributed by atoms with Crippen molar-refractivity contribution in [2.45, 2.75) is 13.0 Å². The van der Waals surface area contributed by atoms with E-state index in [2.05, 4.69) is 28.0 Å². The average Bonchev–Trinajstić information content (AvgIpc) is 2.38. The Kier molecular flexibility index (Phi) is 4.78. The second-order valence-corrected chi connectivity index (χ2v) is 5.87. The van der Waals surface area contributed by atoms with Gasteiger partial charge >= 0.3 is 0 Å². The molecule has 0 aromatic heterocycles. The Bertz CT molecular complexity index is 604. The molecule has 3 N–H and O–H groups in total.